The molecule has 1 rings (SSSR count). The van der Waals surface area contributed by atoms with Gasteiger partial charge in [0.2, 0.25) is 0 Å². The minimum atomic E-state index is -0.106. The van der Waals surface area contributed by atoms with Crippen molar-refractivity contribution in [2.24, 2.45) is 0 Å². The van der Waals surface area contributed by atoms with Crippen molar-refractivity contribution in [1.29, 1.82) is 5.26 Å². The standard InChI is InChI=1S/C11H12Cl2N2S/c1-15-9(7-14)4-5-16-11-6-8(12)2-3-10(11)13/h2-3,6,9,15H,4-5H2,1H3. The largest absolute Gasteiger partial charge is 0.305 e. The molecule has 0 saturated carbocycles. The first-order chi connectivity index (χ1) is 7.67. The molecular formula is C11H12Cl2N2S. The van der Waals surface area contributed by atoms with Crippen LogP contribution in [0.25, 0.3) is 0 Å². The molecule has 0 aromatic heterocycles. The fourth-order valence-electron chi connectivity index (χ4n) is 1.15. The van der Waals surface area contributed by atoms with Crippen molar-refractivity contribution in [3.05, 3.63) is 28.2 Å². The number of nitriles is 1. The fourth-order valence-corrected chi connectivity index (χ4v) is 2.66. The highest BCUT2D eigenvalue weighted by molar-refractivity contribution is 7.99. The minimum Gasteiger partial charge on any atom is -0.305 e. The molecule has 2 nitrogen and oxygen atoms in total. The molecule has 86 valence electrons. The van der Waals surface area contributed by atoms with Crippen LogP contribution in [0.3, 0.4) is 0 Å². The number of halogens is 2. The fraction of sp³-hybridized carbons (Fsp3) is 0.364. The van der Waals surface area contributed by atoms with E-state index >= 15 is 0 Å². The van der Waals surface area contributed by atoms with Gasteiger partial charge >= 0.3 is 0 Å². The predicted octanol–water partition coefficient (Wildman–Crippen LogP) is 3.59. The van der Waals surface area contributed by atoms with E-state index in [-0.39, 0.29) is 6.04 Å². The number of benzene rings is 1. The molecule has 0 radical (unpaired) electrons. The molecule has 0 fully saturated rings. The maximum Gasteiger partial charge on any atom is 0.0958 e. The second-order valence-electron chi connectivity index (χ2n) is 3.18. The van der Waals surface area contributed by atoms with Crippen LogP contribution < -0.4 is 5.32 Å². The normalized spacial score (nSPS) is 12.1. The van der Waals surface area contributed by atoms with Crippen LogP contribution in [-0.2, 0) is 0 Å². The Morgan fingerprint density at radius 2 is 2.25 bits per heavy atom. The van der Waals surface area contributed by atoms with Gasteiger partial charge in [-0.2, -0.15) is 5.26 Å². The first-order valence-electron chi connectivity index (χ1n) is 4.82. The summed E-state index contributed by atoms with van der Waals surface area (Å²) in [4.78, 5) is 0.960. The Kier molecular flexibility index (Phi) is 6.00. The van der Waals surface area contributed by atoms with Gasteiger partial charge in [0.15, 0.2) is 0 Å². The summed E-state index contributed by atoms with van der Waals surface area (Å²) in [5.41, 5.74) is 0. The highest BCUT2D eigenvalue weighted by Crippen LogP contribution is 2.30. The van der Waals surface area contributed by atoms with Gasteiger partial charge in [-0.3, -0.25) is 0 Å². The van der Waals surface area contributed by atoms with E-state index in [0.29, 0.717) is 10.0 Å². The van der Waals surface area contributed by atoms with E-state index < -0.39 is 0 Å². The number of thioether (sulfide) groups is 1. The molecule has 0 amide bonds. The first kappa shape index (κ1) is 13.7. The number of hydrogen-bond acceptors (Lipinski definition) is 3. The van der Waals surface area contributed by atoms with Crippen molar-refractivity contribution in [1.82, 2.24) is 5.32 Å². The summed E-state index contributed by atoms with van der Waals surface area (Å²) in [6, 6.07) is 7.46. The lowest BCUT2D eigenvalue weighted by molar-refractivity contribution is 0.663. The number of hydrogen-bond donors (Lipinski definition) is 1. The second-order valence-corrected chi connectivity index (χ2v) is 5.16. The Morgan fingerprint density at radius 3 is 2.88 bits per heavy atom. The predicted molar refractivity (Wildman–Crippen MR) is 70.3 cm³/mol. The third-order valence-corrected chi connectivity index (χ3v) is 3.83. The smallest absolute Gasteiger partial charge is 0.0958 e. The quantitative estimate of drug-likeness (QED) is 0.834. The van der Waals surface area contributed by atoms with Crippen LogP contribution >= 0.6 is 35.0 Å². The SMILES string of the molecule is CNC(C#N)CCSc1cc(Cl)ccc1Cl. The Balaban J connectivity index is 2.49. The van der Waals surface area contributed by atoms with Crippen molar-refractivity contribution in [3.8, 4) is 6.07 Å². The van der Waals surface area contributed by atoms with Crippen LogP contribution in [0.2, 0.25) is 10.0 Å². The summed E-state index contributed by atoms with van der Waals surface area (Å²) in [5.74, 6) is 0.832. The van der Waals surface area contributed by atoms with E-state index in [1.165, 1.54) is 0 Å². The molecule has 0 aliphatic heterocycles. The van der Waals surface area contributed by atoms with Crippen LogP contribution in [0.15, 0.2) is 23.1 Å². The zero-order chi connectivity index (χ0) is 12.0. The van der Waals surface area contributed by atoms with E-state index in [0.717, 1.165) is 17.1 Å². The van der Waals surface area contributed by atoms with Gasteiger partial charge in [0, 0.05) is 15.7 Å². The van der Waals surface area contributed by atoms with Gasteiger partial charge in [0.1, 0.15) is 0 Å². The molecule has 0 saturated heterocycles. The molecular weight excluding hydrogens is 263 g/mol. The van der Waals surface area contributed by atoms with Crippen molar-refractivity contribution < 1.29 is 0 Å². The molecule has 0 bridgehead atoms. The van der Waals surface area contributed by atoms with Gasteiger partial charge < -0.3 is 5.32 Å². The van der Waals surface area contributed by atoms with Crippen LogP contribution in [0, 0.1) is 11.3 Å². The average molecular weight is 275 g/mol. The molecule has 0 aliphatic rings. The minimum absolute atomic E-state index is 0.106. The van der Waals surface area contributed by atoms with Gasteiger partial charge in [-0.1, -0.05) is 23.2 Å². The highest BCUT2D eigenvalue weighted by Gasteiger charge is 2.06. The van der Waals surface area contributed by atoms with Gasteiger partial charge in [0.05, 0.1) is 17.1 Å². The monoisotopic (exact) mass is 274 g/mol. The summed E-state index contributed by atoms with van der Waals surface area (Å²) in [6.07, 6.45) is 0.778. The van der Waals surface area contributed by atoms with Crippen molar-refractivity contribution >= 4 is 35.0 Å². The molecule has 1 atom stereocenters. The lowest BCUT2D eigenvalue weighted by Crippen LogP contribution is -2.23. The molecule has 0 heterocycles. The Morgan fingerprint density at radius 1 is 1.50 bits per heavy atom. The van der Waals surface area contributed by atoms with Crippen molar-refractivity contribution in [2.75, 3.05) is 12.8 Å². The molecule has 5 heteroatoms. The Hall–Kier alpha value is -0.400. The summed E-state index contributed by atoms with van der Waals surface area (Å²) in [6.45, 7) is 0. The number of nitrogens with zero attached hydrogens (tertiary/aromatic N) is 1. The lowest BCUT2D eigenvalue weighted by Gasteiger charge is -2.08. The molecule has 0 aliphatic carbocycles. The third kappa shape index (κ3) is 4.23. The van der Waals surface area contributed by atoms with Crippen LogP contribution in [0.5, 0.6) is 0 Å². The molecule has 16 heavy (non-hydrogen) atoms. The van der Waals surface area contributed by atoms with E-state index in [1.807, 2.05) is 6.07 Å². The zero-order valence-corrected chi connectivity index (χ0v) is 11.2. The van der Waals surface area contributed by atoms with Gasteiger partial charge in [-0.05, 0) is 31.7 Å². The summed E-state index contributed by atoms with van der Waals surface area (Å²) in [5, 5.41) is 13.1. The van der Waals surface area contributed by atoms with E-state index in [1.54, 1.807) is 30.9 Å². The molecule has 1 N–H and O–H groups in total. The van der Waals surface area contributed by atoms with Gasteiger partial charge in [0.25, 0.3) is 0 Å². The third-order valence-electron chi connectivity index (χ3n) is 2.06. The maximum absolute atomic E-state index is 8.75. The van der Waals surface area contributed by atoms with Crippen molar-refractivity contribution in [3.63, 3.8) is 0 Å². The molecule has 0 spiro atoms. The van der Waals surface area contributed by atoms with Crippen LogP contribution in [0.4, 0.5) is 0 Å². The Labute approximate surface area is 110 Å². The summed E-state index contributed by atoms with van der Waals surface area (Å²) in [7, 11) is 1.78. The lowest BCUT2D eigenvalue weighted by atomic mass is 10.3. The zero-order valence-electron chi connectivity index (χ0n) is 8.84. The number of rotatable bonds is 5. The average Bonchev–Trinajstić information content (AvgIpc) is 2.29. The first-order valence-corrected chi connectivity index (χ1v) is 6.56. The topological polar surface area (TPSA) is 35.8 Å². The van der Waals surface area contributed by atoms with Gasteiger partial charge in [-0.25, -0.2) is 0 Å². The molecule has 1 aromatic carbocycles. The van der Waals surface area contributed by atoms with E-state index in [9.17, 15) is 0 Å². The van der Waals surface area contributed by atoms with Crippen LogP contribution in [-0.4, -0.2) is 18.8 Å². The summed E-state index contributed by atoms with van der Waals surface area (Å²) < 4.78 is 0. The van der Waals surface area contributed by atoms with Crippen molar-refractivity contribution in [2.45, 2.75) is 17.4 Å². The number of nitrogens with one attached hydrogen (secondary N) is 1. The molecule has 1 unspecified atom stereocenters. The van der Waals surface area contributed by atoms with E-state index in [4.69, 9.17) is 28.5 Å². The highest BCUT2D eigenvalue weighted by atomic mass is 35.5. The van der Waals surface area contributed by atoms with E-state index in [2.05, 4.69) is 11.4 Å². The summed E-state index contributed by atoms with van der Waals surface area (Å²) >= 11 is 13.5. The van der Waals surface area contributed by atoms with Crippen LogP contribution in [0.1, 0.15) is 6.42 Å². The molecule has 1 aromatic rings. The van der Waals surface area contributed by atoms with Gasteiger partial charge in [-0.15, -0.1) is 11.8 Å². The Bertz CT molecular complexity index is 390. The maximum atomic E-state index is 8.75. The second kappa shape index (κ2) is 7.03.